The molecule has 1 amide bonds. The molecule has 1 aliphatic rings. The van der Waals surface area contributed by atoms with Crippen molar-refractivity contribution in [3.8, 4) is 11.3 Å². The molecule has 0 atom stereocenters. The van der Waals surface area contributed by atoms with Crippen LogP contribution in [0.1, 0.15) is 5.56 Å². The van der Waals surface area contributed by atoms with Crippen molar-refractivity contribution in [1.82, 2.24) is 4.98 Å². The number of para-hydroxylation sites is 1. The van der Waals surface area contributed by atoms with Crippen LogP contribution >= 0.6 is 23.1 Å². The van der Waals surface area contributed by atoms with E-state index in [1.54, 1.807) is 23.1 Å². The largest absolute Gasteiger partial charge is 0.271 e. The predicted molar refractivity (Wildman–Crippen MR) is 131 cm³/mol. The SMILES string of the molecule is O=C1/C(=C/c2ccc(F)cc2)S/C(=N/c2nc(-c3ccccc3)cs2)N1c1ccccc1. The molecule has 7 heteroatoms. The molecule has 0 N–H and O–H groups in total. The van der Waals surface area contributed by atoms with Crippen molar-refractivity contribution in [3.05, 3.63) is 107 Å². The number of amidine groups is 1. The van der Waals surface area contributed by atoms with Gasteiger partial charge in [-0.1, -0.05) is 60.7 Å². The van der Waals surface area contributed by atoms with E-state index >= 15 is 0 Å². The maximum Gasteiger partial charge on any atom is 0.271 e. The summed E-state index contributed by atoms with van der Waals surface area (Å²) in [5, 5.41) is 3.06. The number of hydrogen-bond donors (Lipinski definition) is 0. The van der Waals surface area contributed by atoms with Crippen molar-refractivity contribution in [2.24, 2.45) is 4.99 Å². The van der Waals surface area contributed by atoms with E-state index in [9.17, 15) is 9.18 Å². The lowest BCUT2D eigenvalue weighted by Crippen LogP contribution is -2.28. The first kappa shape index (κ1) is 20.4. The Morgan fingerprint density at radius 2 is 1.59 bits per heavy atom. The number of halogens is 1. The van der Waals surface area contributed by atoms with Gasteiger partial charge in [-0.15, -0.1) is 11.3 Å². The molecule has 0 bridgehead atoms. The van der Waals surface area contributed by atoms with Gasteiger partial charge in [0.05, 0.1) is 16.3 Å². The molecule has 0 aliphatic carbocycles. The number of nitrogens with zero attached hydrogens (tertiary/aromatic N) is 3. The molecule has 5 rings (SSSR count). The van der Waals surface area contributed by atoms with Crippen LogP contribution < -0.4 is 4.90 Å². The minimum Gasteiger partial charge on any atom is -0.268 e. The summed E-state index contributed by atoms with van der Waals surface area (Å²) in [5.74, 6) is -0.493. The van der Waals surface area contributed by atoms with Crippen LogP contribution in [0.25, 0.3) is 17.3 Å². The van der Waals surface area contributed by atoms with Gasteiger partial charge < -0.3 is 0 Å². The van der Waals surface area contributed by atoms with E-state index < -0.39 is 0 Å². The number of benzene rings is 3. The topological polar surface area (TPSA) is 45.6 Å². The summed E-state index contributed by atoms with van der Waals surface area (Å²) >= 11 is 2.71. The zero-order chi connectivity index (χ0) is 21.9. The molecule has 156 valence electrons. The van der Waals surface area contributed by atoms with E-state index in [4.69, 9.17) is 4.99 Å². The molecular weight excluding hydrogens is 441 g/mol. The number of carbonyl (C=O) groups is 1. The van der Waals surface area contributed by atoms with Gasteiger partial charge in [-0.2, -0.15) is 4.99 Å². The normalized spacial score (nSPS) is 16.3. The lowest BCUT2D eigenvalue weighted by Gasteiger charge is -2.14. The van der Waals surface area contributed by atoms with Gasteiger partial charge in [0.2, 0.25) is 5.13 Å². The molecule has 0 unspecified atom stereocenters. The quantitative estimate of drug-likeness (QED) is 0.318. The highest BCUT2D eigenvalue weighted by molar-refractivity contribution is 8.19. The number of carbonyl (C=O) groups excluding carboxylic acids is 1. The Hall–Kier alpha value is -3.55. The van der Waals surface area contributed by atoms with Crippen molar-refractivity contribution in [2.75, 3.05) is 4.90 Å². The summed E-state index contributed by atoms with van der Waals surface area (Å²) < 4.78 is 13.3. The Bertz CT molecular complexity index is 1320. The highest BCUT2D eigenvalue weighted by Crippen LogP contribution is 2.38. The van der Waals surface area contributed by atoms with Gasteiger partial charge in [-0.25, -0.2) is 9.37 Å². The number of hydrogen-bond acceptors (Lipinski definition) is 5. The third-order valence-electron chi connectivity index (χ3n) is 4.74. The molecule has 4 nitrogen and oxygen atoms in total. The Kier molecular flexibility index (Phi) is 5.66. The highest BCUT2D eigenvalue weighted by atomic mass is 32.2. The van der Waals surface area contributed by atoms with Crippen LogP contribution in [0.4, 0.5) is 15.2 Å². The first-order valence-electron chi connectivity index (χ1n) is 9.82. The smallest absolute Gasteiger partial charge is 0.268 e. The van der Waals surface area contributed by atoms with Crippen molar-refractivity contribution in [3.63, 3.8) is 0 Å². The Labute approximate surface area is 192 Å². The van der Waals surface area contributed by atoms with Crippen LogP contribution in [0.2, 0.25) is 0 Å². The van der Waals surface area contributed by atoms with Crippen molar-refractivity contribution in [1.29, 1.82) is 0 Å². The molecule has 1 saturated heterocycles. The summed E-state index contributed by atoms with van der Waals surface area (Å²) in [7, 11) is 0. The van der Waals surface area contributed by atoms with E-state index in [0.29, 0.717) is 15.2 Å². The minimum atomic E-state index is -0.316. The molecule has 32 heavy (non-hydrogen) atoms. The Morgan fingerprint density at radius 3 is 2.31 bits per heavy atom. The maximum absolute atomic E-state index is 13.3. The van der Waals surface area contributed by atoms with E-state index in [1.807, 2.05) is 66.0 Å². The van der Waals surface area contributed by atoms with Gasteiger partial charge in [0, 0.05) is 10.9 Å². The van der Waals surface area contributed by atoms with Crippen LogP contribution in [0.15, 0.2) is 100 Å². The molecule has 0 saturated carbocycles. The molecule has 0 spiro atoms. The number of anilines is 1. The minimum absolute atomic E-state index is 0.177. The molecule has 2 heterocycles. The summed E-state index contributed by atoms with van der Waals surface area (Å²) in [6.45, 7) is 0. The molecular formula is C25H16FN3OS2. The second kappa shape index (κ2) is 8.90. The fourth-order valence-electron chi connectivity index (χ4n) is 3.20. The van der Waals surface area contributed by atoms with Crippen molar-refractivity contribution < 1.29 is 9.18 Å². The fourth-order valence-corrected chi connectivity index (χ4v) is 4.94. The molecule has 0 radical (unpaired) electrons. The monoisotopic (exact) mass is 457 g/mol. The van der Waals surface area contributed by atoms with Gasteiger partial charge in [0.1, 0.15) is 5.82 Å². The van der Waals surface area contributed by atoms with Gasteiger partial charge in [-0.05, 0) is 47.7 Å². The number of aromatic nitrogens is 1. The maximum atomic E-state index is 13.3. The Morgan fingerprint density at radius 1 is 0.906 bits per heavy atom. The highest BCUT2D eigenvalue weighted by Gasteiger charge is 2.35. The third-order valence-corrected chi connectivity index (χ3v) is 6.44. The number of aliphatic imine (C=N–C) groups is 1. The van der Waals surface area contributed by atoms with Crippen LogP contribution in [0.5, 0.6) is 0 Å². The van der Waals surface area contributed by atoms with Crippen LogP contribution in [0, 0.1) is 5.82 Å². The Balaban J connectivity index is 1.52. The summed E-state index contributed by atoms with van der Waals surface area (Å²) in [4.78, 5) is 24.7. The summed E-state index contributed by atoms with van der Waals surface area (Å²) in [6.07, 6.45) is 1.75. The summed E-state index contributed by atoms with van der Waals surface area (Å²) in [5.41, 5.74) is 3.34. The van der Waals surface area contributed by atoms with E-state index in [-0.39, 0.29) is 11.7 Å². The average Bonchev–Trinajstić information content (AvgIpc) is 3.41. The van der Waals surface area contributed by atoms with E-state index in [1.165, 1.54) is 35.2 Å². The van der Waals surface area contributed by atoms with Crippen molar-refractivity contribution >= 4 is 51.1 Å². The number of rotatable bonds is 4. The van der Waals surface area contributed by atoms with Gasteiger partial charge in [0.25, 0.3) is 5.91 Å². The number of amides is 1. The zero-order valence-corrected chi connectivity index (χ0v) is 18.3. The molecule has 1 aliphatic heterocycles. The summed E-state index contributed by atoms with van der Waals surface area (Å²) in [6, 6.07) is 25.3. The number of thiazole rings is 1. The first-order chi connectivity index (χ1) is 15.7. The zero-order valence-electron chi connectivity index (χ0n) is 16.7. The van der Waals surface area contributed by atoms with Gasteiger partial charge >= 0.3 is 0 Å². The first-order valence-corrected chi connectivity index (χ1v) is 11.5. The van der Waals surface area contributed by atoms with Crippen molar-refractivity contribution in [2.45, 2.75) is 0 Å². The van der Waals surface area contributed by atoms with E-state index in [0.717, 1.165) is 22.5 Å². The second-order valence-electron chi connectivity index (χ2n) is 6.91. The van der Waals surface area contributed by atoms with Gasteiger partial charge in [0.15, 0.2) is 5.17 Å². The van der Waals surface area contributed by atoms with Crippen LogP contribution in [-0.4, -0.2) is 16.1 Å². The molecule has 1 fully saturated rings. The van der Waals surface area contributed by atoms with Gasteiger partial charge in [-0.3, -0.25) is 9.69 Å². The number of thioether (sulfide) groups is 1. The lowest BCUT2D eigenvalue weighted by molar-refractivity contribution is -0.113. The predicted octanol–water partition coefficient (Wildman–Crippen LogP) is 6.76. The van der Waals surface area contributed by atoms with E-state index in [2.05, 4.69) is 4.98 Å². The standard InChI is InChI=1S/C25H16FN3OS2/c26-19-13-11-17(12-14-19)15-22-23(30)29(20-9-5-2-6-10-20)25(32-22)28-24-27-21(16-31-24)18-7-3-1-4-8-18/h1-16H/b22-15-,28-25+. The molecule has 4 aromatic rings. The fraction of sp³-hybridized carbons (Fsp3) is 0. The van der Waals surface area contributed by atoms with Crippen LogP contribution in [-0.2, 0) is 4.79 Å². The third kappa shape index (κ3) is 4.26. The molecule has 3 aromatic carbocycles. The average molecular weight is 458 g/mol. The molecule has 1 aromatic heterocycles. The lowest BCUT2D eigenvalue weighted by atomic mass is 10.2. The second-order valence-corrected chi connectivity index (χ2v) is 8.76. The van der Waals surface area contributed by atoms with Crippen LogP contribution in [0.3, 0.4) is 0 Å².